The molecule has 0 bridgehead atoms. The molecule has 0 atom stereocenters. The number of carbonyl (C=O) groups is 1. The first-order chi connectivity index (χ1) is 13.5. The van der Waals surface area contributed by atoms with Crippen molar-refractivity contribution in [1.82, 2.24) is 9.55 Å². The van der Waals surface area contributed by atoms with E-state index in [9.17, 15) is 18.0 Å². The van der Waals surface area contributed by atoms with E-state index in [1.807, 2.05) is 6.26 Å². The minimum atomic E-state index is -0.729. The van der Waals surface area contributed by atoms with Crippen molar-refractivity contribution in [2.75, 3.05) is 17.7 Å². The molecule has 8 heteroatoms. The number of anilines is 1. The fourth-order valence-electron chi connectivity index (χ4n) is 3.43. The quantitative estimate of drug-likeness (QED) is 0.600. The van der Waals surface area contributed by atoms with Gasteiger partial charge in [0, 0.05) is 23.9 Å². The van der Waals surface area contributed by atoms with Gasteiger partial charge < -0.3 is 4.90 Å². The summed E-state index contributed by atoms with van der Waals surface area (Å²) in [4.78, 5) is 19.0. The van der Waals surface area contributed by atoms with E-state index in [4.69, 9.17) is 0 Å². The number of amides is 1. The van der Waals surface area contributed by atoms with Crippen LogP contribution in [0.1, 0.15) is 22.5 Å². The number of thioether (sulfide) groups is 1. The lowest BCUT2D eigenvalue weighted by molar-refractivity contribution is 0.0978. The lowest BCUT2D eigenvalue weighted by atomic mass is 10.0. The Morgan fingerprint density at radius 2 is 1.86 bits per heavy atom. The van der Waals surface area contributed by atoms with Crippen molar-refractivity contribution in [2.45, 2.75) is 18.0 Å². The average molecular weight is 403 g/mol. The minimum Gasteiger partial charge on any atom is -0.307 e. The molecule has 1 aromatic heterocycles. The summed E-state index contributed by atoms with van der Waals surface area (Å²) in [6.07, 6.45) is 4.26. The number of benzene rings is 2. The molecule has 4 nitrogen and oxygen atoms in total. The van der Waals surface area contributed by atoms with Gasteiger partial charge in [-0.05, 0) is 49.4 Å². The Kier molecular flexibility index (Phi) is 4.89. The fraction of sp³-hybridized carbons (Fsp3) is 0.200. The molecule has 4 rings (SSSR count). The Morgan fingerprint density at radius 3 is 2.57 bits per heavy atom. The fourth-order valence-corrected chi connectivity index (χ4v) is 3.98. The highest BCUT2D eigenvalue weighted by Crippen LogP contribution is 2.32. The van der Waals surface area contributed by atoms with Crippen molar-refractivity contribution in [3.8, 4) is 5.69 Å². The zero-order valence-corrected chi connectivity index (χ0v) is 15.8. The van der Waals surface area contributed by atoms with Gasteiger partial charge in [0.2, 0.25) is 0 Å². The van der Waals surface area contributed by atoms with E-state index in [2.05, 4.69) is 4.98 Å². The number of halogens is 3. The lowest BCUT2D eigenvalue weighted by Crippen LogP contribution is -2.37. The van der Waals surface area contributed by atoms with E-state index >= 15 is 0 Å². The van der Waals surface area contributed by atoms with Crippen LogP contribution < -0.4 is 4.90 Å². The zero-order valence-electron chi connectivity index (χ0n) is 15.0. The van der Waals surface area contributed by atoms with E-state index < -0.39 is 23.4 Å². The molecular formula is C20H16F3N3OS. The smallest absolute Gasteiger partial charge is 0.276 e. The molecule has 0 saturated carbocycles. The second-order valence-electron chi connectivity index (χ2n) is 6.39. The molecule has 1 amide bonds. The number of carbonyl (C=O) groups excluding carboxylic acids is 1. The summed E-state index contributed by atoms with van der Waals surface area (Å²) in [5, 5.41) is 0.553. The number of nitrogens with zero attached hydrogens (tertiary/aromatic N) is 3. The molecule has 2 heterocycles. The van der Waals surface area contributed by atoms with Gasteiger partial charge in [-0.2, -0.15) is 0 Å². The van der Waals surface area contributed by atoms with Gasteiger partial charge in [-0.15, -0.1) is 0 Å². The zero-order chi connectivity index (χ0) is 19.8. The molecule has 28 heavy (non-hydrogen) atoms. The highest BCUT2D eigenvalue weighted by molar-refractivity contribution is 7.98. The van der Waals surface area contributed by atoms with Crippen molar-refractivity contribution < 1.29 is 18.0 Å². The average Bonchev–Trinajstić information content (AvgIpc) is 3.11. The van der Waals surface area contributed by atoms with E-state index in [0.29, 0.717) is 35.8 Å². The van der Waals surface area contributed by atoms with Crippen molar-refractivity contribution in [1.29, 1.82) is 0 Å². The monoisotopic (exact) mass is 403 g/mol. The molecule has 144 valence electrons. The largest absolute Gasteiger partial charge is 0.307 e. The van der Waals surface area contributed by atoms with Crippen LogP contribution in [0.4, 0.5) is 18.9 Å². The van der Waals surface area contributed by atoms with Crippen LogP contribution in [0, 0.1) is 17.5 Å². The van der Waals surface area contributed by atoms with Gasteiger partial charge in [0.05, 0.1) is 11.9 Å². The second kappa shape index (κ2) is 7.35. The summed E-state index contributed by atoms with van der Waals surface area (Å²) in [5.41, 5.74) is 1.40. The third-order valence-corrected chi connectivity index (χ3v) is 5.35. The van der Waals surface area contributed by atoms with Crippen LogP contribution in [0.15, 0.2) is 47.8 Å². The first kappa shape index (κ1) is 18.6. The summed E-state index contributed by atoms with van der Waals surface area (Å²) in [6.45, 7) is 0.345. The first-order valence-corrected chi connectivity index (χ1v) is 9.89. The molecule has 0 radical (unpaired) electrons. The SMILES string of the molecule is CSc1ncc(C(=O)N2CCCc3c(F)cc(F)cc32)n1-c1ccc(F)cc1. The molecule has 1 aliphatic heterocycles. The molecule has 0 saturated heterocycles. The summed E-state index contributed by atoms with van der Waals surface area (Å²) in [6, 6.07) is 7.72. The van der Waals surface area contributed by atoms with Gasteiger partial charge in [-0.25, -0.2) is 18.2 Å². The van der Waals surface area contributed by atoms with E-state index in [0.717, 1.165) is 6.07 Å². The molecule has 0 aliphatic carbocycles. The molecule has 3 aromatic rings. The third kappa shape index (κ3) is 3.17. The Labute approximate surface area is 164 Å². The summed E-state index contributed by atoms with van der Waals surface area (Å²) >= 11 is 1.34. The van der Waals surface area contributed by atoms with Gasteiger partial charge in [0.15, 0.2) is 5.16 Å². The van der Waals surface area contributed by atoms with Gasteiger partial charge in [0.1, 0.15) is 23.1 Å². The molecule has 0 N–H and O–H groups in total. The van der Waals surface area contributed by atoms with Crippen LogP contribution in [0.2, 0.25) is 0 Å². The standard InChI is InChI=1S/C20H16F3N3OS/c1-28-20-24-11-18(26(20)14-6-4-12(21)5-7-14)19(27)25-8-2-3-15-16(23)9-13(22)10-17(15)25/h4-7,9-11H,2-3,8H2,1H3. The van der Waals surface area contributed by atoms with Gasteiger partial charge in [0.25, 0.3) is 5.91 Å². The Morgan fingerprint density at radius 1 is 1.11 bits per heavy atom. The molecule has 0 fully saturated rings. The van der Waals surface area contributed by atoms with E-state index in [-0.39, 0.29) is 11.4 Å². The van der Waals surface area contributed by atoms with Crippen molar-refractivity contribution in [2.24, 2.45) is 0 Å². The number of imidazole rings is 1. The third-order valence-electron chi connectivity index (χ3n) is 4.70. The lowest BCUT2D eigenvalue weighted by Gasteiger charge is -2.30. The predicted molar refractivity (Wildman–Crippen MR) is 102 cm³/mol. The highest BCUT2D eigenvalue weighted by Gasteiger charge is 2.29. The summed E-state index contributed by atoms with van der Waals surface area (Å²) in [5.74, 6) is -2.18. The molecule has 0 unspecified atom stereocenters. The van der Waals surface area contributed by atoms with Crippen LogP contribution in [-0.2, 0) is 6.42 Å². The van der Waals surface area contributed by atoms with Crippen LogP contribution in [-0.4, -0.2) is 28.3 Å². The summed E-state index contributed by atoms with van der Waals surface area (Å²) in [7, 11) is 0. The van der Waals surface area contributed by atoms with Crippen LogP contribution >= 0.6 is 11.8 Å². The Balaban J connectivity index is 1.81. The minimum absolute atomic E-state index is 0.242. The molecule has 2 aromatic carbocycles. The van der Waals surface area contributed by atoms with Gasteiger partial charge in [-0.1, -0.05) is 11.8 Å². The van der Waals surface area contributed by atoms with E-state index in [1.54, 1.807) is 16.7 Å². The van der Waals surface area contributed by atoms with Crippen molar-refractivity contribution in [3.63, 3.8) is 0 Å². The Hall–Kier alpha value is -2.74. The normalized spacial score (nSPS) is 13.5. The van der Waals surface area contributed by atoms with Crippen molar-refractivity contribution >= 4 is 23.4 Å². The van der Waals surface area contributed by atoms with Crippen LogP contribution in [0.5, 0.6) is 0 Å². The van der Waals surface area contributed by atoms with Crippen LogP contribution in [0.25, 0.3) is 5.69 Å². The van der Waals surface area contributed by atoms with Gasteiger partial charge >= 0.3 is 0 Å². The maximum absolute atomic E-state index is 14.2. The van der Waals surface area contributed by atoms with E-state index in [1.165, 1.54) is 41.1 Å². The Bertz CT molecular complexity index is 1050. The maximum Gasteiger partial charge on any atom is 0.276 e. The number of fused-ring (bicyclic) bond motifs is 1. The van der Waals surface area contributed by atoms with Gasteiger partial charge in [-0.3, -0.25) is 9.36 Å². The number of hydrogen-bond acceptors (Lipinski definition) is 3. The second-order valence-corrected chi connectivity index (χ2v) is 7.16. The summed E-state index contributed by atoms with van der Waals surface area (Å²) < 4.78 is 42.9. The molecule has 1 aliphatic rings. The predicted octanol–water partition coefficient (Wildman–Crippen LogP) is 4.60. The van der Waals surface area contributed by atoms with Crippen molar-refractivity contribution in [3.05, 3.63) is 71.3 Å². The molecular weight excluding hydrogens is 387 g/mol. The molecule has 0 spiro atoms. The maximum atomic E-state index is 14.2. The topological polar surface area (TPSA) is 38.1 Å². The van der Waals surface area contributed by atoms with Crippen LogP contribution in [0.3, 0.4) is 0 Å². The number of hydrogen-bond donors (Lipinski definition) is 0. The first-order valence-electron chi connectivity index (χ1n) is 8.67. The number of rotatable bonds is 3. The number of aromatic nitrogens is 2. The highest BCUT2D eigenvalue weighted by atomic mass is 32.2.